The lowest BCUT2D eigenvalue weighted by Gasteiger charge is -2.13. The Kier molecular flexibility index (Phi) is 8.18. The first kappa shape index (κ1) is 20.8. The Bertz CT molecular complexity index is 742. The van der Waals surface area contributed by atoms with Crippen LogP contribution in [0.4, 0.5) is 5.69 Å². The van der Waals surface area contributed by atoms with Gasteiger partial charge in [0.2, 0.25) is 5.91 Å². The highest BCUT2D eigenvalue weighted by Crippen LogP contribution is 2.26. The zero-order valence-corrected chi connectivity index (χ0v) is 16.6. The van der Waals surface area contributed by atoms with Crippen molar-refractivity contribution in [2.24, 2.45) is 5.92 Å². The zero-order valence-electron chi connectivity index (χ0n) is 16.6. The molecule has 4 nitrogen and oxygen atoms in total. The Morgan fingerprint density at radius 3 is 2.70 bits per heavy atom. The highest BCUT2D eigenvalue weighted by molar-refractivity contribution is 5.92. The fraction of sp³-hybridized carbons (Fsp3) is 0.435. The third-order valence-corrected chi connectivity index (χ3v) is 4.70. The van der Waals surface area contributed by atoms with Crippen molar-refractivity contribution in [1.82, 2.24) is 0 Å². The topological polar surface area (TPSA) is 58.6 Å². The molecule has 1 unspecified atom stereocenters. The molecule has 0 saturated heterocycles. The maximum Gasteiger partial charge on any atom is 0.228 e. The minimum Gasteiger partial charge on any atom is -0.504 e. The summed E-state index contributed by atoms with van der Waals surface area (Å²) in [5.41, 5.74) is 2.87. The van der Waals surface area contributed by atoms with Gasteiger partial charge in [0.25, 0.3) is 0 Å². The standard InChI is InChI=1S/C23H31NO3/c1-4-5-6-8-17(2)13-18-9-7-10-20(14-18)24-23(26)16-19-11-12-21(25)22(15-19)27-3/h7,9-12,14-15,17,25H,4-6,8,13,16H2,1-3H3,(H,24,26). The molecule has 0 aromatic heterocycles. The Morgan fingerprint density at radius 2 is 1.96 bits per heavy atom. The van der Waals surface area contributed by atoms with E-state index in [1.54, 1.807) is 18.2 Å². The number of methoxy groups -OCH3 is 1. The third-order valence-electron chi connectivity index (χ3n) is 4.70. The van der Waals surface area contributed by atoms with Crippen LogP contribution < -0.4 is 10.1 Å². The molecule has 2 aromatic carbocycles. The van der Waals surface area contributed by atoms with Crippen molar-refractivity contribution < 1.29 is 14.6 Å². The van der Waals surface area contributed by atoms with Gasteiger partial charge in [-0.1, -0.05) is 57.7 Å². The Labute approximate surface area is 162 Å². The van der Waals surface area contributed by atoms with Gasteiger partial charge < -0.3 is 15.2 Å². The quantitative estimate of drug-likeness (QED) is 0.556. The number of benzene rings is 2. The number of nitrogens with one attached hydrogen (secondary N) is 1. The van der Waals surface area contributed by atoms with E-state index in [0.717, 1.165) is 17.7 Å². The second-order valence-electron chi connectivity index (χ2n) is 7.24. The summed E-state index contributed by atoms with van der Waals surface area (Å²) in [6.07, 6.45) is 6.33. The van der Waals surface area contributed by atoms with Crippen molar-refractivity contribution >= 4 is 11.6 Å². The number of aromatic hydroxyl groups is 1. The number of ether oxygens (including phenoxy) is 1. The molecule has 0 aliphatic carbocycles. The van der Waals surface area contributed by atoms with Crippen LogP contribution in [0, 0.1) is 5.92 Å². The van der Waals surface area contributed by atoms with Gasteiger partial charge in [0.15, 0.2) is 11.5 Å². The Morgan fingerprint density at radius 1 is 1.15 bits per heavy atom. The van der Waals surface area contributed by atoms with E-state index in [-0.39, 0.29) is 18.1 Å². The maximum absolute atomic E-state index is 12.4. The van der Waals surface area contributed by atoms with E-state index in [1.165, 1.54) is 38.4 Å². The van der Waals surface area contributed by atoms with Gasteiger partial charge in [-0.3, -0.25) is 4.79 Å². The van der Waals surface area contributed by atoms with Crippen molar-refractivity contribution in [3.8, 4) is 11.5 Å². The second-order valence-corrected chi connectivity index (χ2v) is 7.24. The first-order valence-electron chi connectivity index (χ1n) is 9.76. The molecule has 0 spiro atoms. The summed E-state index contributed by atoms with van der Waals surface area (Å²) in [5.74, 6) is 1.00. The van der Waals surface area contributed by atoms with Crippen molar-refractivity contribution in [2.45, 2.75) is 52.4 Å². The Hall–Kier alpha value is -2.49. The van der Waals surface area contributed by atoms with E-state index in [4.69, 9.17) is 4.74 Å². The lowest BCUT2D eigenvalue weighted by molar-refractivity contribution is -0.115. The minimum absolute atomic E-state index is 0.0717. The van der Waals surface area contributed by atoms with Crippen molar-refractivity contribution in [1.29, 1.82) is 0 Å². The van der Waals surface area contributed by atoms with Gasteiger partial charge in [-0.05, 0) is 47.7 Å². The number of hydrogen-bond acceptors (Lipinski definition) is 3. The molecule has 2 aromatic rings. The molecule has 146 valence electrons. The summed E-state index contributed by atoms with van der Waals surface area (Å²) in [5, 5.41) is 12.6. The van der Waals surface area contributed by atoms with E-state index in [2.05, 4.69) is 31.3 Å². The first-order chi connectivity index (χ1) is 13.0. The van der Waals surface area contributed by atoms with E-state index in [0.29, 0.717) is 11.7 Å². The molecule has 27 heavy (non-hydrogen) atoms. The van der Waals surface area contributed by atoms with Gasteiger partial charge in [0, 0.05) is 5.69 Å². The number of rotatable bonds is 10. The van der Waals surface area contributed by atoms with E-state index in [9.17, 15) is 9.90 Å². The van der Waals surface area contributed by atoms with Gasteiger partial charge in [0.1, 0.15) is 0 Å². The lowest BCUT2D eigenvalue weighted by Crippen LogP contribution is -2.14. The number of phenolic OH excluding ortho intramolecular Hbond substituents is 1. The average Bonchev–Trinajstić information content (AvgIpc) is 2.63. The molecule has 0 aliphatic rings. The monoisotopic (exact) mass is 369 g/mol. The maximum atomic E-state index is 12.4. The van der Waals surface area contributed by atoms with Gasteiger partial charge >= 0.3 is 0 Å². The first-order valence-corrected chi connectivity index (χ1v) is 9.76. The number of anilines is 1. The summed E-state index contributed by atoms with van der Waals surface area (Å²) in [6.45, 7) is 4.52. The molecule has 0 bridgehead atoms. The van der Waals surface area contributed by atoms with Crippen LogP contribution >= 0.6 is 0 Å². The SMILES string of the molecule is CCCCCC(C)Cc1cccc(NC(=O)Cc2ccc(O)c(OC)c2)c1. The molecule has 1 atom stereocenters. The predicted molar refractivity (Wildman–Crippen MR) is 110 cm³/mol. The van der Waals surface area contributed by atoms with Crippen molar-refractivity contribution in [3.05, 3.63) is 53.6 Å². The van der Waals surface area contributed by atoms with Gasteiger partial charge in [-0.25, -0.2) is 0 Å². The smallest absolute Gasteiger partial charge is 0.228 e. The van der Waals surface area contributed by atoms with Crippen molar-refractivity contribution in [2.75, 3.05) is 12.4 Å². The molecule has 1 amide bonds. The van der Waals surface area contributed by atoms with Gasteiger partial charge in [-0.2, -0.15) is 0 Å². The largest absolute Gasteiger partial charge is 0.504 e. The van der Waals surface area contributed by atoms with Gasteiger partial charge in [0.05, 0.1) is 13.5 Å². The molecule has 0 radical (unpaired) electrons. The number of carbonyl (C=O) groups is 1. The summed E-state index contributed by atoms with van der Waals surface area (Å²) in [6, 6.07) is 13.0. The van der Waals surface area contributed by atoms with Crippen LogP contribution in [-0.4, -0.2) is 18.1 Å². The molecule has 2 N–H and O–H groups in total. The molecular weight excluding hydrogens is 338 g/mol. The van der Waals surface area contributed by atoms with E-state index >= 15 is 0 Å². The normalized spacial score (nSPS) is 11.8. The van der Waals surface area contributed by atoms with Crippen LogP contribution in [0.2, 0.25) is 0 Å². The fourth-order valence-electron chi connectivity index (χ4n) is 3.25. The molecular formula is C23H31NO3. The molecule has 4 heteroatoms. The number of amides is 1. The van der Waals surface area contributed by atoms with Crippen molar-refractivity contribution in [3.63, 3.8) is 0 Å². The number of phenols is 1. The number of unbranched alkanes of at least 4 members (excludes halogenated alkanes) is 2. The lowest BCUT2D eigenvalue weighted by atomic mass is 9.95. The molecule has 0 heterocycles. The Balaban J connectivity index is 1.92. The zero-order chi connectivity index (χ0) is 19.6. The number of hydrogen-bond donors (Lipinski definition) is 2. The van der Waals surface area contributed by atoms with Crippen LogP contribution in [0.5, 0.6) is 11.5 Å². The molecule has 0 fully saturated rings. The predicted octanol–water partition coefficient (Wildman–Crippen LogP) is 5.34. The van der Waals surface area contributed by atoms with Crippen LogP contribution in [0.3, 0.4) is 0 Å². The van der Waals surface area contributed by atoms with Crippen LogP contribution in [-0.2, 0) is 17.6 Å². The van der Waals surface area contributed by atoms with E-state index in [1.807, 2.05) is 12.1 Å². The summed E-state index contributed by atoms with van der Waals surface area (Å²) < 4.78 is 5.09. The van der Waals surface area contributed by atoms with Crippen LogP contribution in [0.1, 0.15) is 50.7 Å². The van der Waals surface area contributed by atoms with Crippen LogP contribution in [0.15, 0.2) is 42.5 Å². The van der Waals surface area contributed by atoms with Gasteiger partial charge in [-0.15, -0.1) is 0 Å². The highest BCUT2D eigenvalue weighted by atomic mass is 16.5. The summed E-state index contributed by atoms with van der Waals surface area (Å²) >= 11 is 0. The summed E-state index contributed by atoms with van der Waals surface area (Å²) in [4.78, 5) is 12.4. The fourth-order valence-corrected chi connectivity index (χ4v) is 3.25. The van der Waals surface area contributed by atoms with Crippen LogP contribution in [0.25, 0.3) is 0 Å². The molecule has 2 rings (SSSR count). The van der Waals surface area contributed by atoms with E-state index < -0.39 is 0 Å². The number of carbonyl (C=O) groups excluding carboxylic acids is 1. The average molecular weight is 370 g/mol. The molecule has 0 saturated carbocycles. The highest BCUT2D eigenvalue weighted by Gasteiger charge is 2.09. The summed E-state index contributed by atoms with van der Waals surface area (Å²) in [7, 11) is 1.49. The molecule has 0 aliphatic heterocycles. The third kappa shape index (κ3) is 6.97. The minimum atomic E-state index is -0.0871. The second kappa shape index (κ2) is 10.6.